The number of amides is 1. The van der Waals surface area contributed by atoms with Crippen molar-refractivity contribution in [2.75, 3.05) is 63.8 Å². The highest BCUT2D eigenvalue weighted by molar-refractivity contribution is 5.98. The number of aryl methyl sites for hydroxylation is 2. The standard InChI is InChI=1S/C27H33N5O5/c1-19-6-5-7-20(2)25(19)37-27(33)32(22-9-8-21(34-3)18-23(22)35-4)24-10-11-28-26(30-24)29-12-13-31-14-16-36-17-15-31/h5-11,18H,12-17H2,1-4H3,(H,28,29,30). The van der Waals surface area contributed by atoms with E-state index in [2.05, 4.69) is 20.2 Å². The summed E-state index contributed by atoms with van der Waals surface area (Å²) in [6, 6.07) is 12.6. The Labute approximate surface area is 217 Å². The van der Waals surface area contributed by atoms with Crippen LogP contribution < -0.4 is 24.4 Å². The van der Waals surface area contributed by atoms with Gasteiger partial charge >= 0.3 is 6.09 Å². The first-order chi connectivity index (χ1) is 18.0. The largest absolute Gasteiger partial charge is 0.497 e. The van der Waals surface area contributed by atoms with E-state index in [1.54, 1.807) is 37.6 Å². The molecule has 0 unspecified atom stereocenters. The highest BCUT2D eigenvalue weighted by Crippen LogP contribution is 2.37. The highest BCUT2D eigenvalue weighted by Gasteiger charge is 2.27. The maximum Gasteiger partial charge on any atom is 0.425 e. The number of anilines is 3. The summed E-state index contributed by atoms with van der Waals surface area (Å²) in [5.41, 5.74) is 2.16. The fourth-order valence-corrected chi connectivity index (χ4v) is 4.09. The first-order valence-electron chi connectivity index (χ1n) is 12.2. The maximum absolute atomic E-state index is 13.7. The number of morpholine rings is 1. The molecular formula is C27H33N5O5. The topological polar surface area (TPSA) is 98.3 Å². The molecule has 2 aromatic carbocycles. The smallest absolute Gasteiger partial charge is 0.425 e. The molecule has 1 N–H and O–H groups in total. The van der Waals surface area contributed by atoms with Crippen molar-refractivity contribution in [3.8, 4) is 17.2 Å². The fraction of sp³-hybridized carbons (Fsp3) is 0.370. The van der Waals surface area contributed by atoms with Crippen LogP contribution in [-0.2, 0) is 4.74 Å². The molecule has 0 radical (unpaired) electrons. The molecule has 1 fully saturated rings. The molecule has 3 aromatic rings. The molecule has 0 aliphatic carbocycles. The van der Waals surface area contributed by atoms with Gasteiger partial charge in [0.1, 0.15) is 23.1 Å². The Balaban J connectivity index is 1.63. The molecule has 196 valence electrons. The monoisotopic (exact) mass is 507 g/mol. The molecule has 0 atom stereocenters. The molecule has 1 aromatic heterocycles. The lowest BCUT2D eigenvalue weighted by Gasteiger charge is -2.26. The lowest BCUT2D eigenvalue weighted by Crippen LogP contribution is -2.39. The minimum absolute atomic E-state index is 0.337. The van der Waals surface area contributed by atoms with E-state index >= 15 is 0 Å². The minimum atomic E-state index is -0.626. The third-order valence-corrected chi connectivity index (χ3v) is 6.09. The molecule has 37 heavy (non-hydrogen) atoms. The van der Waals surface area contributed by atoms with E-state index in [-0.39, 0.29) is 0 Å². The van der Waals surface area contributed by atoms with E-state index in [1.165, 1.54) is 12.0 Å². The number of benzene rings is 2. The summed E-state index contributed by atoms with van der Waals surface area (Å²) in [5, 5.41) is 3.26. The van der Waals surface area contributed by atoms with E-state index in [1.807, 2.05) is 32.0 Å². The Morgan fingerprint density at radius 2 is 1.84 bits per heavy atom. The summed E-state index contributed by atoms with van der Waals surface area (Å²) in [6.07, 6.45) is 0.980. The molecule has 1 saturated heterocycles. The van der Waals surface area contributed by atoms with Gasteiger partial charge < -0.3 is 24.3 Å². The van der Waals surface area contributed by atoms with Crippen LogP contribution in [0.2, 0.25) is 0 Å². The van der Waals surface area contributed by atoms with Crippen molar-refractivity contribution < 1.29 is 23.7 Å². The molecule has 1 amide bonds. The SMILES string of the molecule is COc1ccc(N(C(=O)Oc2c(C)cccc2C)c2ccnc(NCCN3CCOCC3)n2)c(OC)c1. The molecule has 4 rings (SSSR count). The second-order valence-corrected chi connectivity index (χ2v) is 8.58. The number of hydrogen-bond acceptors (Lipinski definition) is 9. The summed E-state index contributed by atoms with van der Waals surface area (Å²) < 4.78 is 22.2. The number of ether oxygens (including phenoxy) is 4. The number of rotatable bonds is 9. The van der Waals surface area contributed by atoms with Crippen LogP contribution in [0.25, 0.3) is 0 Å². The van der Waals surface area contributed by atoms with Crippen LogP contribution in [0.15, 0.2) is 48.7 Å². The van der Waals surface area contributed by atoms with Gasteiger partial charge in [-0.15, -0.1) is 0 Å². The normalized spacial score (nSPS) is 13.6. The molecule has 0 saturated carbocycles. The fourth-order valence-electron chi connectivity index (χ4n) is 4.09. The number of carbonyl (C=O) groups excluding carboxylic acids is 1. The first-order valence-corrected chi connectivity index (χ1v) is 12.2. The second kappa shape index (κ2) is 12.4. The van der Waals surface area contributed by atoms with Crippen molar-refractivity contribution in [2.24, 2.45) is 0 Å². The minimum Gasteiger partial charge on any atom is -0.497 e. The van der Waals surface area contributed by atoms with Gasteiger partial charge in [0.2, 0.25) is 5.95 Å². The van der Waals surface area contributed by atoms with Gasteiger partial charge in [0.15, 0.2) is 0 Å². The van der Waals surface area contributed by atoms with Gasteiger partial charge in [-0.25, -0.2) is 14.7 Å². The van der Waals surface area contributed by atoms with Gasteiger partial charge in [0, 0.05) is 44.5 Å². The predicted octanol–water partition coefficient (Wildman–Crippen LogP) is 4.19. The molecule has 0 bridgehead atoms. The lowest BCUT2D eigenvalue weighted by molar-refractivity contribution is 0.0398. The zero-order valence-electron chi connectivity index (χ0n) is 21.7. The van der Waals surface area contributed by atoms with Crippen molar-refractivity contribution >= 4 is 23.5 Å². The van der Waals surface area contributed by atoms with Crippen LogP contribution in [0.1, 0.15) is 11.1 Å². The number of nitrogens with one attached hydrogen (secondary N) is 1. The summed E-state index contributed by atoms with van der Waals surface area (Å²) >= 11 is 0. The van der Waals surface area contributed by atoms with Crippen LogP contribution in [-0.4, -0.2) is 74.6 Å². The van der Waals surface area contributed by atoms with Gasteiger partial charge in [-0.2, -0.15) is 4.98 Å². The molecule has 0 spiro atoms. The molecule has 1 aliphatic rings. The highest BCUT2D eigenvalue weighted by atomic mass is 16.6. The maximum atomic E-state index is 13.7. The first kappa shape index (κ1) is 26.2. The summed E-state index contributed by atoms with van der Waals surface area (Å²) in [6.45, 7) is 8.57. The zero-order valence-corrected chi connectivity index (χ0v) is 21.7. The number of carbonyl (C=O) groups is 1. The third-order valence-electron chi connectivity index (χ3n) is 6.09. The average Bonchev–Trinajstić information content (AvgIpc) is 2.92. The molecular weight excluding hydrogens is 474 g/mol. The van der Waals surface area contributed by atoms with Crippen LogP contribution >= 0.6 is 0 Å². The number of hydrogen-bond donors (Lipinski definition) is 1. The number of para-hydroxylation sites is 1. The third kappa shape index (κ3) is 6.46. The van der Waals surface area contributed by atoms with Gasteiger partial charge in [0.05, 0.1) is 33.1 Å². The van der Waals surface area contributed by atoms with Crippen LogP contribution in [0.4, 0.5) is 22.2 Å². The molecule has 10 heteroatoms. The van der Waals surface area contributed by atoms with E-state index in [0.29, 0.717) is 41.2 Å². The zero-order chi connectivity index (χ0) is 26.2. The van der Waals surface area contributed by atoms with E-state index in [9.17, 15) is 4.79 Å². The lowest BCUT2D eigenvalue weighted by atomic mass is 10.1. The second-order valence-electron chi connectivity index (χ2n) is 8.58. The predicted molar refractivity (Wildman–Crippen MR) is 141 cm³/mol. The van der Waals surface area contributed by atoms with E-state index in [4.69, 9.17) is 18.9 Å². The van der Waals surface area contributed by atoms with Crippen LogP contribution in [0.3, 0.4) is 0 Å². The van der Waals surface area contributed by atoms with Crippen molar-refractivity contribution in [1.82, 2.24) is 14.9 Å². The van der Waals surface area contributed by atoms with Gasteiger partial charge in [-0.05, 0) is 37.1 Å². The number of methoxy groups -OCH3 is 2. The van der Waals surface area contributed by atoms with E-state index in [0.717, 1.165) is 44.0 Å². The summed E-state index contributed by atoms with van der Waals surface area (Å²) in [4.78, 5) is 26.4. The molecule has 1 aliphatic heterocycles. The average molecular weight is 508 g/mol. The molecule has 10 nitrogen and oxygen atoms in total. The Hall–Kier alpha value is -3.89. The number of nitrogens with zero attached hydrogens (tertiary/aromatic N) is 4. The van der Waals surface area contributed by atoms with Crippen molar-refractivity contribution in [1.29, 1.82) is 0 Å². The number of aromatic nitrogens is 2. The Morgan fingerprint density at radius 1 is 1.08 bits per heavy atom. The summed E-state index contributed by atoms with van der Waals surface area (Å²) in [5.74, 6) is 2.27. The van der Waals surface area contributed by atoms with Crippen LogP contribution in [0.5, 0.6) is 17.2 Å². The quantitative estimate of drug-likeness (QED) is 0.457. The van der Waals surface area contributed by atoms with Crippen LogP contribution in [0, 0.1) is 13.8 Å². The Bertz CT molecular complexity index is 1200. The Morgan fingerprint density at radius 3 is 2.54 bits per heavy atom. The van der Waals surface area contributed by atoms with Crippen molar-refractivity contribution in [3.63, 3.8) is 0 Å². The van der Waals surface area contributed by atoms with Gasteiger partial charge in [-0.3, -0.25) is 4.90 Å². The van der Waals surface area contributed by atoms with Crippen molar-refractivity contribution in [3.05, 3.63) is 59.8 Å². The summed E-state index contributed by atoms with van der Waals surface area (Å²) in [7, 11) is 3.10. The van der Waals surface area contributed by atoms with Gasteiger partial charge in [0.25, 0.3) is 0 Å². The van der Waals surface area contributed by atoms with Gasteiger partial charge in [-0.1, -0.05) is 18.2 Å². The van der Waals surface area contributed by atoms with Crippen molar-refractivity contribution in [2.45, 2.75) is 13.8 Å². The van der Waals surface area contributed by atoms with E-state index < -0.39 is 6.09 Å². The molecule has 2 heterocycles. The Kier molecular flexibility index (Phi) is 8.76.